The van der Waals surface area contributed by atoms with E-state index < -0.39 is 0 Å². The Hall–Kier alpha value is -1.70. The number of ether oxygens (including phenoxy) is 1. The molecule has 24 heavy (non-hydrogen) atoms. The molecule has 0 unspecified atom stereocenters. The number of rotatable bonds is 6. The SMILES string of the molecule is CCc1nc(N)cc(NC[C@@H](c2cccs2)N2CCO[C@H](C)C2)n1. The lowest BCUT2D eigenvalue weighted by Crippen LogP contribution is -2.44. The molecule has 2 atom stereocenters. The van der Waals surface area contributed by atoms with Gasteiger partial charge in [-0.1, -0.05) is 13.0 Å². The first-order chi connectivity index (χ1) is 11.7. The van der Waals surface area contributed by atoms with Gasteiger partial charge in [0, 0.05) is 37.0 Å². The van der Waals surface area contributed by atoms with E-state index in [1.807, 2.05) is 6.92 Å². The van der Waals surface area contributed by atoms with Crippen molar-refractivity contribution in [3.05, 3.63) is 34.3 Å². The summed E-state index contributed by atoms with van der Waals surface area (Å²) in [7, 11) is 0. The summed E-state index contributed by atoms with van der Waals surface area (Å²) in [6, 6.07) is 6.40. The highest BCUT2D eigenvalue weighted by Crippen LogP contribution is 2.27. The Morgan fingerprint density at radius 1 is 1.50 bits per heavy atom. The number of aromatic nitrogens is 2. The number of hydrogen-bond acceptors (Lipinski definition) is 7. The van der Waals surface area contributed by atoms with Crippen LogP contribution in [0.2, 0.25) is 0 Å². The maximum atomic E-state index is 5.88. The quantitative estimate of drug-likeness (QED) is 0.836. The number of hydrogen-bond donors (Lipinski definition) is 2. The Bertz CT molecular complexity index is 648. The highest BCUT2D eigenvalue weighted by Gasteiger charge is 2.26. The number of nitrogens with two attached hydrogens (primary N) is 1. The molecule has 0 spiro atoms. The van der Waals surface area contributed by atoms with Crippen LogP contribution in [-0.2, 0) is 11.2 Å². The lowest BCUT2D eigenvalue weighted by atomic mass is 10.1. The van der Waals surface area contributed by atoms with Crippen LogP contribution in [0, 0.1) is 0 Å². The molecule has 3 N–H and O–H groups in total. The summed E-state index contributed by atoms with van der Waals surface area (Å²) in [6.07, 6.45) is 1.04. The molecule has 0 aromatic carbocycles. The zero-order chi connectivity index (χ0) is 16.9. The molecule has 1 fully saturated rings. The van der Waals surface area contributed by atoms with Gasteiger partial charge in [-0.05, 0) is 18.4 Å². The van der Waals surface area contributed by atoms with Gasteiger partial charge in [-0.15, -0.1) is 11.3 Å². The van der Waals surface area contributed by atoms with Gasteiger partial charge in [0.05, 0.1) is 18.8 Å². The van der Waals surface area contributed by atoms with Crippen molar-refractivity contribution < 1.29 is 4.74 Å². The third-order valence-corrected chi connectivity index (χ3v) is 5.14. The molecule has 0 bridgehead atoms. The number of nitrogen functional groups attached to an aromatic ring is 1. The molecule has 130 valence electrons. The summed E-state index contributed by atoms with van der Waals surface area (Å²) >= 11 is 1.79. The number of morpholine rings is 1. The zero-order valence-electron chi connectivity index (χ0n) is 14.2. The first kappa shape index (κ1) is 17.1. The molecular weight excluding hydrogens is 322 g/mol. The van der Waals surface area contributed by atoms with E-state index in [-0.39, 0.29) is 6.10 Å². The Labute approximate surface area is 147 Å². The minimum absolute atomic E-state index is 0.266. The molecule has 1 saturated heterocycles. The second-order valence-corrected chi connectivity index (χ2v) is 7.02. The van der Waals surface area contributed by atoms with Gasteiger partial charge >= 0.3 is 0 Å². The fourth-order valence-electron chi connectivity index (χ4n) is 2.99. The van der Waals surface area contributed by atoms with Gasteiger partial charge in [-0.2, -0.15) is 0 Å². The maximum absolute atomic E-state index is 5.88. The predicted molar refractivity (Wildman–Crippen MR) is 98.4 cm³/mol. The number of nitrogens with zero attached hydrogens (tertiary/aromatic N) is 3. The predicted octanol–water partition coefficient (Wildman–Crippen LogP) is 2.56. The minimum atomic E-state index is 0.266. The molecule has 7 heteroatoms. The van der Waals surface area contributed by atoms with E-state index >= 15 is 0 Å². The van der Waals surface area contributed by atoms with Crippen molar-refractivity contribution in [1.29, 1.82) is 0 Å². The minimum Gasteiger partial charge on any atom is -0.384 e. The topological polar surface area (TPSA) is 76.3 Å². The summed E-state index contributed by atoms with van der Waals surface area (Å²) in [5, 5.41) is 5.58. The van der Waals surface area contributed by atoms with Crippen LogP contribution in [0.1, 0.15) is 30.6 Å². The molecule has 3 rings (SSSR count). The second-order valence-electron chi connectivity index (χ2n) is 6.04. The van der Waals surface area contributed by atoms with Crippen molar-refractivity contribution in [1.82, 2.24) is 14.9 Å². The smallest absolute Gasteiger partial charge is 0.132 e. The van der Waals surface area contributed by atoms with Gasteiger partial charge in [0.25, 0.3) is 0 Å². The molecule has 0 amide bonds. The number of anilines is 2. The molecule has 1 aliphatic rings. The molecule has 0 saturated carbocycles. The van der Waals surface area contributed by atoms with Crippen LogP contribution in [0.15, 0.2) is 23.6 Å². The monoisotopic (exact) mass is 347 g/mol. The highest BCUT2D eigenvalue weighted by molar-refractivity contribution is 7.10. The van der Waals surface area contributed by atoms with Crippen molar-refractivity contribution in [2.45, 2.75) is 32.4 Å². The van der Waals surface area contributed by atoms with Crippen molar-refractivity contribution in [2.24, 2.45) is 0 Å². The summed E-state index contributed by atoms with van der Waals surface area (Å²) in [5.74, 6) is 2.07. The van der Waals surface area contributed by atoms with E-state index in [4.69, 9.17) is 10.5 Å². The molecular formula is C17H25N5OS. The van der Waals surface area contributed by atoms with E-state index in [1.54, 1.807) is 17.4 Å². The van der Waals surface area contributed by atoms with Crippen molar-refractivity contribution in [3.63, 3.8) is 0 Å². The van der Waals surface area contributed by atoms with E-state index in [0.717, 1.165) is 44.3 Å². The van der Waals surface area contributed by atoms with Gasteiger partial charge in [0.1, 0.15) is 17.5 Å². The Balaban J connectivity index is 1.74. The molecule has 6 nitrogen and oxygen atoms in total. The van der Waals surface area contributed by atoms with Crippen LogP contribution >= 0.6 is 11.3 Å². The lowest BCUT2D eigenvalue weighted by molar-refractivity contribution is -0.0322. The summed E-state index contributed by atoms with van der Waals surface area (Å²) < 4.78 is 5.69. The van der Waals surface area contributed by atoms with E-state index in [0.29, 0.717) is 11.9 Å². The van der Waals surface area contributed by atoms with Crippen LogP contribution in [0.25, 0.3) is 0 Å². The summed E-state index contributed by atoms with van der Waals surface area (Å²) in [4.78, 5) is 12.6. The summed E-state index contributed by atoms with van der Waals surface area (Å²) in [6.45, 7) is 7.61. The van der Waals surface area contributed by atoms with Crippen molar-refractivity contribution in [3.8, 4) is 0 Å². The zero-order valence-corrected chi connectivity index (χ0v) is 15.1. The van der Waals surface area contributed by atoms with Gasteiger partial charge in [-0.3, -0.25) is 4.90 Å². The van der Waals surface area contributed by atoms with Gasteiger partial charge in [0.2, 0.25) is 0 Å². The summed E-state index contributed by atoms with van der Waals surface area (Å²) in [5.41, 5.74) is 5.88. The van der Waals surface area contributed by atoms with Gasteiger partial charge in [0.15, 0.2) is 0 Å². The van der Waals surface area contributed by atoms with E-state index in [1.165, 1.54) is 4.88 Å². The molecule has 2 aromatic rings. The molecule has 0 radical (unpaired) electrons. The number of aryl methyl sites for hydroxylation is 1. The standard InChI is InChI=1S/C17H25N5OS/c1-3-16-20-15(18)9-17(21-16)19-10-13(14-5-4-8-24-14)22-6-7-23-12(2)11-22/h4-5,8-9,12-13H,3,6-7,10-11H2,1-2H3,(H3,18,19,20,21)/t12-,13+/m1/s1. The largest absolute Gasteiger partial charge is 0.384 e. The second kappa shape index (κ2) is 7.92. The maximum Gasteiger partial charge on any atom is 0.132 e. The van der Waals surface area contributed by atoms with Crippen molar-refractivity contribution in [2.75, 3.05) is 37.3 Å². The highest BCUT2D eigenvalue weighted by atomic mass is 32.1. The fourth-order valence-corrected chi connectivity index (χ4v) is 3.85. The average molecular weight is 347 g/mol. The third-order valence-electron chi connectivity index (χ3n) is 4.17. The first-order valence-electron chi connectivity index (χ1n) is 8.42. The molecule has 1 aliphatic heterocycles. The lowest BCUT2D eigenvalue weighted by Gasteiger charge is -2.37. The molecule has 0 aliphatic carbocycles. The van der Waals surface area contributed by atoms with Crippen LogP contribution in [0.3, 0.4) is 0 Å². The van der Waals surface area contributed by atoms with E-state index in [2.05, 4.69) is 44.6 Å². The average Bonchev–Trinajstić information content (AvgIpc) is 3.09. The number of thiophene rings is 1. The van der Waals surface area contributed by atoms with Crippen LogP contribution in [-0.4, -0.2) is 47.2 Å². The van der Waals surface area contributed by atoms with Crippen LogP contribution in [0.5, 0.6) is 0 Å². The van der Waals surface area contributed by atoms with E-state index in [9.17, 15) is 0 Å². The molecule has 2 aromatic heterocycles. The fraction of sp³-hybridized carbons (Fsp3) is 0.529. The van der Waals surface area contributed by atoms with Crippen molar-refractivity contribution >= 4 is 23.0 Å². The number of nitrogens with one attached hydrogen (secondary N) is 1. The third kappa shape index (κ3) is 4.23. The first-order valence-corrected chi connectivity index (χ1v) is 9.30. The Morgan fingerprint density at radius 2 is 2.38 bits per heavy atom. The Kier molecular flexibility index (Phi) is 5.65. The Morgan fingerprint density at radius 3 is 3.08 bits per heavy atom. The van der Waals surface area contributed by atoms with Crippen LogP contribution in [0.4, 0.5) is 11.6 Å². The van der Waals surface area contributed by atoms with Crippen LogP contribution < -0.4 is 11.1 Å². The normalized spacial score (nSPS) is 20.0. The molecule has 3 heterocycles. The van der Waals surface area contributed by atoms with Gasteiger partial charge < -0.3 is 15.8 Å². The van der Waals surface area contributed by atoms with Gasteiger partial charge in [-0.25, -0.2) is 9.97 Å².